The molecular weight excluding hydrogens is 226 g/mol. The lowest BCUT2D eigenvalue weighted by Crippen LogP contribution is -2.50. The number of rotatable bonds is 2. The van der Waals surface area contributed by atoms with Gasteiger partial charge in [0.05, 0.1) is 0 Å². The van der Waals surface area contributed by atoms with Crippen molar-refractivity contribution in [2.45, 2.75) is 19.4 Å². The van der Waals surface area contributed by atoms with Gasteiger partial charge in [-0.05, 0) is 25.6 Å². The minimum atomic E-state index is 0.460. The third kappa shape index (κ3) is 2.23. The molecule has 2 aromatic rings. The van der Waals surface area contributed by atoms with Crippen LogP contribution in [0.15, 0.2) is 18.3 Å². The summed E-state index contributed by atoms with van der Waals surface area (Å²) in [4.78, 5) is 6.97. The van der Waals surface area contributed by atoms with Crippen molar-refractivity contribution in [3.63, 3.8) is 0 Å². The average Bonchev–Trinajstić information content (AvgIpc) is 2.73. The van der Waals surface area contributed by atoms with Crippen LogP contribution in [0.25, 0.3) is 5.65 Å². The predicted molar refractivity (Wildman–Crippen MR) is 70.7 cm³/mol. The molecule has 0 aliphatic carbocycles. The van der Waals surface area contributed by atoms with E-state index in [-0.39, 0.29) is 0 Å². The number of hydrogen-bond acceptors (Lipinski definition) is 4. The fraction of sp³-hybridized carbons (Fsp3) is 0.538. The summed E-state index contributed by atoms with van der Waals surface area (Å²) in [6.07, 6.45) is 2.85. The molecule has 3 heterocycles. The number of nitrogens with one attached hydrogen (secondary N) is 1. The maximum absolute atomic E-state index is 4.62. The first-order chi connectivity index (χ1) is 8.72. The van der Waals surface area contributed by atoms with E-state index in [0.29, 0.717) is 6.04 Å². The van der Waals surface area contributed by atoms with Crippen LogP contribution in [0.2, 0.25) is 0 Å². The van der Waals surface area contributed by atoms with E-state index in [1.165, 1.54) is 5.56 Å². The molecular formula is C13H19N5. The molecule has 1 fully saturated rings. The van der Waals surface area contributed by atoms with E-state index in [4.69, 9.17) is 0 Å². The zero-order valence-corrected chi connectivity index (χ0v) is 10.9. The van der Waals surface area contributed by atoms with Crippen molar-refractivity contribution in [1.82, 2.24) is 24.8 Å². The molecule has 0 bridgehead atoms. The molecule has 5 nitrogen and oxygen atoms in total. The van der Waals surface area contributed by atoms with Crippen molar-refractivity contribution in [3.8, 4) is 0 Å². The van der Waals surface area contributed by atoms with Crippen LogP contribution in [0.1, 0.15) is 11.4 Å². The quantitative estimate of drug-likeness (QED) is 0.836. The molecule has 1 aliphatic heterocycles. The fourth-order valence-corrected chi connectivity index (χ4v) is 2.52. The highest BCUT2D eigenvalue weighted by molar-refractivity contribution is 5.45. The first kappa shape index (κ1) is 11.6. The van der Waals surface area contributed by atoms with Gasteiger partial charge in [-0.3, -0.25) is 0 Å². The lowest BCUT2D eigenvalue weighted by molar-refractivity contribution is 0.236. The molecule has 1 N–H and O–H groups in total. The number of hydrogen-bond donors (Lipinski definition) is 1. The first-order valence-electron chi connectivity index (χ1n) is 6.45. The summed E-state index contributed by atoms with van der Waals surface area (Å²) in [6, 6.07) is 4.54. The highest BCUT2D eigenvalue weighted by atomic mass is 15.3. The van der Waals surface area contributed by atoms with Gasteiger partial charge < -0.3 is 10.2 Å². The van der Waals surface area contributed by atoms with Crippen LogP contribution in [0.5, 0.6) is 0 Å². The van der Waals surface area contributed by atoms with Gasteiger partial charge in [0.2, 0.25) is 0 Å². The number of nitrogens with zero attached hydrogens (tertiary/aromatic N) is 4. The van der Waals surface area contributed by atoms with Crippen molar-refractivity contribution in [3.05, 3.63) is 29.7 Å². The molecule has 18 heavy (non-hydrogen) atoms. The summed E-state index contributed by atoms with van der Waals surface area (Å²) >= 11 is 0. The summed E-state index contributed by atoms with van der Waals surface area (Å²) in [5, 5.41) is 8.07. The van der Waals surface area contributed by atoms with Gasteiger partial charge in [-0.25, -0.2) is 9.50 Å². The zero-order chi connectivity index (χ0) is 12.5. The van der Waals surface area contributed by atoms with Crippen molar-refractivity contribution in [1.29, 1.82) is 0 Å². The Morgan fingerprint density at radius 2 is 2.39 bits per heavy atom. The summed E-state index contributed by atoms with van der Waals surface area (Å²) < 4.78 is 1.87. The van der Waals surface area contributed by atoms with Gasteiger partial charge in [-0.2, -0.15) is 5.10 Å². The van der Waals surface area contributed by atoms with Gasteiger partial charge >= 0.3 is 0 Å². The van der Waals surface area contributed by atoms with E-state index in [2.05, 4.69) is 40.3 Å². The normalized spacial score (nSPS) is 21.6. The summed E-state index contributed by atoms with van der Waals surface area (Å²) in [6.45, 7) is 5.30. The Morgan fingerprint density at radius 3 is 3.17 bits per heavy atom. The van der Waals surface area contributed by atoms with E-state index < -0.39 is 0 Å². The Balaban J connectivity index is 1.80. The first-order valence-corrected chi connectivity index (χ1v) is 6.45. The van der Waals surface area contributed by atoms with Gasteiger partial charge in [0, 0.05) is 38.3 Å². The highest BCUT2D eigenvalue weighted by Gasteiger charge is 2.18. The smallest absolute Gasteiger partial charge is 0.158 e. The Morgan fingerprint density at radius 1 is 1.50 bits per heavy atom. The van der Waals surface area contributed by atoms with Crippen LogP contribution >= 0.6 is 0 Å². The van der Waals surface area contributed by atoms with Crippen LogP contribution in [0, 0.1) is 6.92 Å². The Bertz CT molecular complexity index is 547. The zero-order valence-electron chi connectivity index (χ0n) is 10.9. The molecule has 0 radical (unpaired) electrons. The van der Waals surface area contributed by atoms with E-state index in [0.717, 1.165) is 37.5 Å². The molecule has 3 rings (SSSR count). The van der Waals surface area contributed by atoms with Crippen LogP contribution in [-0.2, 0) is 6.42 Å². The molecule has 0 spiro atoms. The Labute approximate surface area is 107 Å². The average molecular weight is 245 g/mol. The molecule has 96 valence electrons. The lowest BCUT2D eigenvalue weighted by Gasteiger charge is -2.30. The van der Waals surface area contributed by atoms with Gasteiger partial charge in [-0.15, -0.1) is 0 Å². The van der Waals surface area contributed by atoms with Crippen molar-refractivity contribution >= 4 is 5.65 Å². The van der Waals surface area contributed by atoms with E-state index in [1.807, 2.05) is 16.8 Å². The van der Waals surface area contributed by atoms with Crippen molar-refractivity contribution in [2.24, 2.45) is 0 Å². The monoisotopic (exact) mass is 245 g/mol. The molecule has 5 heteroatoms. The summed E-state index contributed by atoms with van der Waals surface area (Å²) in [5.41, 5.74) is 2.14. The van der Waals surface area contributed by atoms with Crippen molar-refractivity contribution < 1.29 is 0 Å². The third-order valence-electron chi connectivity index (χ3n) is 3.49. The van der Waals surface area contributed by atoms with Crippen molar-refractivity contribution in [2.75, 3.05) is 26.7 Å². The SMILES string of the molecule is Cc1cccn2nc(CC3CN(C)CCN3)nc12. The third-order valence-corrected chi connectivity index (χ3v) is 3.49. The number of piperazine rings is 1. The molecule has 2 aromatic heterocycles. The molecule has 1 atom stereocenters. The Kier molecular flexibility index (Phi) is 3.01. The molecule has 0 aromatic carbocycles. The topological polar surface area (TPSA) is 45.5 Å². The van der Waals surface area contributed by atoms with Crippen LogP contribution in [0.3, 0.4) is 0 Å². The summed E-state index contributed by atoms with van der Waals surface area (Å²) in [5.74, 6) is 0.928. The van der Waals surface area contributed by atoms with E-state index in [1.54, 1.807) is 0 Å². The maximum atomic E-state index is 4.62. The summed E-state index contributed by atoms with van der Waals surface area (Å²) in [7, 11) is 2.16. The number of pyridine rings is 1. The van der Waals surface area contributed by atoms with E-state index >= 15 is 0 Å². The number of aryl methyl sites for hydroxylation is 1. The highest BCUT2D eigenvalue weighted by Crippen LogP contribution is 2.09. The largest absolute Gasteiger partial charge is 0.311 e. The minimum absolute atomic E-state index is 0.460. The van der Waals surface area contributed by atoms with Gasteiger partial charge in [0.15, 0.2) is 11.5 Å². The second kappa shape index (κ2) is 4.66. The molecule has 1 saturated heterocycles. The standard InChI is InChI=1S/C13H19N5/c1-10-4-3-6-18-13(10)15-12(16-18)8-11-9-17(2)7-5-14-11/h3-4,6,11,14H,5,7-9H2,1-2H3. The fourth-order valence-electron chi connectivity index (χ4n) is 2.52. The second-order valence-electron chi connectivity index (χ2n) is 5.10. The molecule has 0 saturated carbocycles. The van der Waals surface area contributed by atoms with Gasteiger partial charge in [0.1, 0.15) is 0 Å². The van der Waals surface area contributed by atoms with Gasteiger partial charge in [0.25, 0.3) is 0 Å². The molecule has 1 aliphatic rings. The van der Waals surface area contributed by atoms with Crippen LogP contribution in [0.4, 0.5) is 0 Å². The lowest BCUT2D eigenvalue weighted by atomic mass is 10.1. The number of likely N-dealkylation sites (N-methyl/N-ethyl adjacent to an activating group) is 1. The molecule has 1 unspecified atom stereocenters. The molecule has 0 amide bonds. The second-order valence-corrected chi connectivity index (χ2v) is 5.10. The van der Waals surface area contributed by atoms with Crippen LogP contribution < -0.4 is 5.32 Å². The van der Waals surface area contributed by atoms with E-state index in [9.17, 15) is 0 Å². The van der Waals surface area contributed by atoms with Gasteiger partial charge in [-0.1, -0.05) is 6.07 Å². The van der Waals surface area contributed by atoms with Crippen LogP contribution in [-0.4, -0.2) is 52.2 Å². The minimum Gasteiger partial charge on any atom is -0.311 e. The number of fused-ring (bicyclic) bond motifs is 1. The Hall–Kier alpha value is -1.46. The number of aromatic nitrogens is 3. The maximum Gasteiger partial charge on any atom is 0.158 e. The predicted octanol–water partition coefficient (Wildman–Crippen LogP) is 0.484.